The van der Waals surface area contributed by atoms with E-state index in [1.807, 2.05) is 12.1 Å². The highest BCUT2D eigenvalue weighted by atomic mass is 35.5. The van der Waals surface area contributed by atoms with E-state index in [2.05, 4.69) is 91.0 Å². The number of halogens is 1. The molecule has 27 heavy (non-hydrogen) atoms. The summed E-state index contributed by atoms with van der Waals surface area (Å²) < 4.78 is 0. The van der Waals surface area contributed by atoms with E-state index in [1.54, 1.807) is 0 Å². The number of hydrogen-bond acceptors (Lipinski definition) is 0. The molecule has 0 unspecified atom stereocenters. The molecule has 0 amide bonds. The van der Waals surface area contributed by atoms with E-state index >= 15 is 0 Å². The molecule has 0 saturated heterocycles. The quantitative estimate of drug-likeness (QED) is 0.278. The van der Waals surface area contributed by atoms with Gasteiger partial charge in [-0.1, -0.05) is 90.5 Å². The van der Waals surface area contributed by atoms with Crippen LogP contribution in [0.5, 0.6) is 0 Å². The van der Waals surface area contributed by atoms with Crippen LogP contribution < -0.4 is 0 Å². The van der Waals surface area contributed by atoms with Crippen LogP contribution in [-0.4, -0.2) is 0 Å². The van der Waals surface area contributed by atoms with E-state index in [0.717, 1.165) is 5.02 Å². The van der Waals surface area contributed by atoms with Gasteiger partial charge < -0.3 is 0 Å². The van der Waals surface area contributed by atoms with Crippen LogP contribution in [0.25, 0.3) is 43.8 Å². The Labute approximate surface area is 163 Å². The maximum Gasteiger partial charge on any atom is 0.0406 e. The van der Waals surface area contributed by atoms with Crippen molar-refractivity contribution in [1.82, 2.24) is 0 Å². The topological polar surface area (TPSA) is 0 Å². The van der Waals surface area contributed by atoms with Crippen LogP contribution >= 0.6 is 11.6 Å². The summed E-state index contributed by atoms with van der Waals surface area (Å²) in [6, 6.07) is 36.3. The molecule has 0 fully saturated rings. The maximum atomic E-state index is 6.05. The second kappa shape index (κ2) is 6.57. The molecule has 5 aromatic carbocycles. The summed E-state index contributed by atoms with van der Waals surface area (Å²) >= 11 is 6.05. The SMILES string of the molecule is Clc1ccc(-c2ccc3c(c2)cc(-c2ccccc2)c2ccccc23)cc1. The third-order valence-corrected chi connectivity index (χ3v) is 5.37. The minimum atomic E-state index is 0.761. The molecule has 128 valence electrons. The van der Waals surface area contributed by atoms with E-state index in [-0.39, 0.29) is 0 Å². The van der Waals surface area contributed by atoms with Gasteiger partial charge in [0.25, 0.3) is 0 Å². The Morgan fingerprint density at radius 2 is 1.11 bits per heavy atom. The lowest BCUT2D eigenvalue weighted by Gasteiger charge is -2.12. The van der Waals surface area contributed by atoms with E-state index < -0.39 is 0 Å². The molecule has 0 atom stereocenters. The number of fused-ring (bicyclic) bond motifs is 3. The molecule has 0 aliphatic carbocycles. The number of hydrogen-bond donors (Lipinski definition) is 0. The summed E-state index contributed by atoms with van der Waals surface area (Å²) in [5.74, 6) is 0. The normalized spacial score (nSPS) is 11.1. The summed E-state index contributed by atoms with van der Waals surface area (Å²) in [5.41, 5.74) is 4.89. The van der Waals surface area contributed by atoms with Crippen molar-refractivity contribution < 1.29 is 0 Å². The van der Waals surface area contributed by atoms with Gasteiger partial charge in [0.1, 0.15) is 0 Å². The van der Waals surface area contributed by atoms with Gasteiger partial charge in [-0.2, -0.15) is 0 Å². The van der Waals surface area contributed by atoms with Crippen molar-refractivity contribution >= 4 is 33.1 Å². The monoisotopic (exact) mass is 364 g/mol. The average molecular weight is 365 g/mol. The first-order chi connectivity index (χ1) is 13.3. The highest BCUT2D eigenvalue weighted by Gasteiger charge is 2.09. The molecule has 0 spiro atoms. The highest BCUT2D eigenvalue weighted by molar-refractivity contribution is 6.30. The molecule has 0 bridgehead atoms. The Kier molecular flexibility index (Phi) is 3.92. The largest absolute Gasteiger partial charge is 0.0843 e. The van der Waals surface area contributed by atoms with E-state index in [4.69, 9.17) is 11.6 Å². The van der Waals surface area contributed by atoms with Crippen LogP contribution in [0.2, 0.25) is 5.02 Å². The van der Waals surface area contributed by atoms with E-state index in [9.17, 15) is 0 Å². The Hall–Kier alpha value is -3.09. The molecule has 0 N–H and O–H groups in total. The third-order valence-electron chi connectivity index (χ3n) is 5.12. The van der Waals surface area contributed by atoms with Crippen molar-refractivity contribution in [3.8, 4) is 22.3 Å². The molecule has 0 radical (unpaired) electrons. The first kappa shape index (κ1) is 16.1. The second-order valence-electron chi connectivity index (χ2n) is 6.78. The van der Waals surface area contributed by atoms with Gasteiger partial charge in [-0.15, -0.1) is 0 Å². The lowest BCUT2D eigenvalue weighted by atomic mass is 9.92. The molecule has 0 aliphatic rings. The zero-order valence-corrected chi connectivity index (χ0v) is 15.4. The van der Waals surface area contributed by atoms with Crippen molar-refractivity contribution in [2.24, 2.45) is 0 Å². The minimum absolute atomic E-state index is 0.761. The Morgan fingerprint density at radius 3 is 1.89 bits per heavy atom. The predicted molar refractivity (Wildman–Crippen MR) is 117 cm³/mol. The van der Waals surface area contributed by atoms with E-state index in [0.29, 0.717) is 0 Å². The Balaban J connectivity index is 1.80. The molecule has 0 aliphatic heterocycles. The molecule has 1 heteroatoms. The molecule has 0 heterocycles. The van der Waals surface area contributed by atoms with Gasteiger partial charge in [0.05, 0.1) is 0 Å². The molecule has 0 aromatic heterocycles. The fourth-order valence-electron chi connectivity index (χ4n) is 3.79. The van der Waals surface area contributed by atoms with Gasteiger partial charge in [0.2, 0.25) is 0 Å². The summed E-state index contributed by atoms with van der Waals surface area (Å²) in [7, 11) is 0. The molecule has 0 saturated carbocycles. The van der Waals surface area contributed by atoms with Gasteiger partial charge in [0.15, 0.2) is 0 Å². The Morgan fingerprint density at radius 1 is 0.444 bits per heavy atom. The first-order valence-corrected chi connectivity index (χ1v) is 9.44. The van der Waals surface area contributed by atoms with Crippen LogP contribution in [0.3, 0.4) is 0 Å². The first-order valence-electron chi connectivity index (χ1n) is 9.06. The molecule has 5 aromatic rings. The fourth-order valence-corrected chi connectivity index (χ4v) is 3.92. The highest BCUT2D eigenvalue weighted by Crippen LogP contribution is 2.36. The zero-order chi connectivity index (χ0) is 18.2. The van der Waals surface area contributed by atoms with Crippen molar-refractivity contribution in [2.45, 2.75) is 0 Å². The molecular weight excluding hydrogens is 348 g/mol. The third kappa shape index (κ3) is 2.89. The number of rotatable bonds is 2. The predicted octanol–water partition coefficient (Wildman–Crippen LogP) is 7.98. The van der Waals surface area contributed by atoms with E-state index in [1.165, 1.54) is 43.8 Å². The van der Waals surface area contributed by atoms with Gasteiger partial charge in [-0.25, -0.2) is 0 Å². The average Bonchev–Trinajstić information content (AvgIpc) is 2.74. The van der Waals surface area contributed by atoms with Crippen LogP contribution in [0.4, 0.5) is 0 Å². The van der Waals surface area contributed by atoms with Crippen LogP contribution in [0, 0.1) is 0 Å². The standard InChI is InChI=1S/C26H17Cl/c27-22-13-10-18(11-14-22)20-12-15-23-21(16-20)17-26(19-6-2-1-3-7-19)25-9-5-4-8-24(23)25/h1-17H. The summed E-state index contributed by atoms with van der Waals surface area (Å²) in [5, 5.41) is 5.87. The summed E-state index contributed by atoms with van der Waals surface area (Å²) in [4.78, 5) is 0. The number of benzene rings is 5. The van der Waals surface area contributed by atoms with Gasteiger partial charge >= 0.3 is 0 Å². The molecule has 0 nitrogen and oxygen atoms in total. The van der Waals surface area contributed by atoms with Gasteiger partial charge in [-0.3, -0.25) is 0 Å². The van der Waals surface area contributed by atoms with Crippen molar-refractivity contribution in [3.05, 3.63) is 108 Å². The van der Waals surface area contributed by atoms with Crippen molar-refractivity contribution in [3.63, 3.8) is 0 Å². The molecule has 5 rings (SSSR count). The minimum Gasteiger partial charge on any atom is -0.0843 e. The fraction of sp³-hybridized carbons (Fsp3) is 0. The summed E-state index contributed by atoms with van der Waals surface area (Å²) in [6.45, 7) is 0. The van der Waals surface area contributed by atoms with Crippen LogP contribution in [-0.2, 0) is 0 Å². The second-order valence-corrected chi connectivity index (χ2v) is 7.21. The van der Waals surface area contributed by atoms with Crippen molar-refractivity contribution in [2.75, 3.05) is 0 Å². The molecular formula is C26H17Cl. The maximum absolute atomic E-state index is 6.05. The smallest absolute Gasteiger partial charge is 0.0406 e. The van der Waals surface area contributed by atoms with Gasteiger partial charge in [0, 0.05) is 5.02 Å². The lowest BCUT2D eigenvalue weighted by molar-refractivity contribution is 1.64. The van der Waals surface area contributed by atoms with Crippen molar-refractivity contribution in [1.29, 1.82) is 0 Å². The Bertz CT molecular complexity index is 1250. The lowest BCUT2D eigenvalue weighted by Crippen LogP contribution is -1.85. The van der Waals surface area contributed by atoms with Crippen LogP contribution in [0.15, 0.2) is 103 Å². The summed E-state index contributed by atoms with van der Waals surface area (Å²) in [6.07, 6.45) is 0. The zero-order valence-electron chi connectivity index (χ0n) is 14.7. The van der Waals surface area contributed by atoms with Crippen LogP contribution in [0.1, 0.15) is 0 Å². The van der Waals surface area contributed by atoms with Gasteiger partial charge in [-0.05, 0) is 68.1 Å².